The van der Waals surface area contributed by atoms with Crippen molar-refractivity contribution >= 4 is 34.8 Å². The molecule has 7 heteroatoms. The van der Waals surface area contributed by atoms with Crippen molar-refractivity contribution in [2.75, 3.05) is 6.54 Å². The fourth-order valence-electron chi connectivity index (χ4n) is 1.91. The van der Waals surface area contributed by atoms with Gasteiger partial charge in [0.15, 0.2) is 0 Å². The van der Waals surface area contributed by atoms with Crippen molar-refractivity contribution in [3.63, 3.8) is 0 Å². The molecule has 0 spiro atoms. The Hall–Kier alpha value is -1.92. The fourth-order valence-corrected chi connectivity index (χ4v) is 3.00. The molecular weight excluding hydrogens is 339 g/mol. The lowest BCUT2D eigenvalue weighted by Gasteiger charge is -2.07. The molecule has 0 aliphatic rings. The van der Waals surface area contributed by atoms with Gasteiger partial charge in [0, 0.05) is 22.7 Å². The molecule has 0 radical (unpaired) electrons. The van der Waals surface area contributed by atoms with Gasteiger partial charge in [0.2, 0.25) is 5.91 Å². The lowest BCUT2D eigenvalue weighted by molar-refractivity contribution is -0.121. The van der Waals surface area contributed by atoms with Crippen molar-refractivity contribution in [3.8, 4) is 0 Å². The number of carbonyl (C=O) groups is 2. The summed E-state index contributed by atoms with van der Waals surface area (Å²) in [6.45, 7) is 2.67. The third-order valence-corrected chi connectivity index (χ3v) is 4.38. The molecule has 0 unspecified atom stereocenters. The number of hydrogen-bond acceptors (Lipinski definition) is 3. The van der Waals surface area contributed by atoms with E-state index in [-0.39, 0.29) is 29.5 Å². The molecule has 122 valence electrons. The van der Waals surface area contributed by atoms with Crippen molar-refractivity contribution in [1.82, 2.24) is 10.6 Å². The lowest BCUT2D eigenvalue weighted by atomic mass is 10.2. The Morgan fingerprint density at radius 1 is 1.22 bits per heavy atom. The normalized spacial score (nSPS) is 10.4. The molecule has 0 saturated carbocycles. The zero-order valence-electron chi connectivity index (χ0n) is 12.5. The van der Waals surface area contributed by atoms with Crippen LogP contribution in [-0.4, -0.2) is 18.4 Å². The van der Waals surface area contributed by atoms with E-state index in [2.05, 4.69) is 10.6 Å². The van der Waals surface area contributed by atoms with Gasteiger partial charge in [0.1, 0.15) is 5.82 Å². The Balaban J connectivity index is 1.73. The van der Waals surface area contributed by atoms with Gasteiger partial charge < -0.3 is 10.6 Å². The van der Waals surface area contributed by atoms with Crippen LogP contribution in [0.15, 0.2) is 30.3 Å². The summed E-state index contributed by atoms with van der Waals surface area (Å²) in [7, 11) is 0. The zero-order valence-corrected chi connectivity index (χ0v) is 14.1. The number of amides is 2. The zero-order chi connectivity index (χ0) is 16.8. The maximum atomic E-state index is 12.9. The van der Waals surface area contributed by atoms with Gasteiger partial charge in [0.05, 0.1) is 17.1 Å². The van der Waals surface area contributed by atoms with E-state index in [1.807, 2.05) is 19.1 Å². The van der Waals surface area contributed by atoms with E-state index in [0.29, 0.717) is 6.54 Å². The molecule has 4 nitrogen and oxygen atoms in total. The van der Waals surface area contributed by atoms with Crippen LogP contribution in [0.25, 0.3) is 0 Å². The first kappa shape index (κ1) is 17.4. The summed E-state index contributed by atoms with van der Waals surface area (Å²) in [5.41, 5.74) is 0.183. The number of benzene rings is 1. The summed E-state index contributed by atoms with van der Waals surface area (Å²) in [4.78, 5) is 25.9. The van der Waals surface area contributed by atoms with Crippen LogP contribution in [-0.2, 0) is 11.3 Å². The highest BCUT2D eigenvalue weighted by Crippen LogP contribution is 2.17. The molecular formula is C16H16ClFN2O2S. The van der Waals surface area contributed by atoms with E-state index in [1.165, 1.54) is 10.9 Å². The largest absolute Gasteiger partial charge is 0.351 e. The van der Waals surface area contributed by atoms with Gasteiger partial charge in [0.25, 0.3) is 5.91 Å². The molecule has 0 atom stereocenters. The van der Waals surface area contributed by atoms with E-state index >= 15 is 0 Å². The van der Waals surface area contributed by atoms with Crippen molar-refractivity contribution in [2.45, 2.75) is 19.9 Å². The van der Waals surface area contributed by atoms with Crippen LogP contribution in [0, 0.1) is 12.7 Å². The fraction of sp³-hybridized carbons (Fsp3) is 0.250. The Morgan fingerprint density at radius 3 is 2.65 bits per heavy atom. The number of thiophene rings is 1. The standard InChI is InChI=1S/C16H16ClFN2O2S/c1-10-2-4-12(23-10)9-20-15(21)6-7-19-16(22)13-5-3-11(18)8-14(13)17/h2-5,8H,6-7,9H2,1H3,(H,19,22)(H,20,21). The van der Waals surface area contributed by atoms with E-state index in [4.69, 9.17) is 11.6 Å². The summed E-state index contributed by atoms with van der Waals surface area (Å²) in [5, 5.41) is 5.42. The van der Waals surface area contributed by atoms with Crippen LogP contribution in [0.4, 0.5) is 4.39 Å². The van der Waals surface area contributed by atoms with Crippen molar-refractivity contribution < 1.29 is 14.0 Å². The minimum Gasteiger partial charge on any atom is -0.351 e. The summed E-state index contributed by atoms with van der Waals surface area (Å²) in [5.74, 6) is -1.09. The predicted molar refractivity (Wildman–Crippen MR) is 89.3 cm³/mol. The van der Waals surface area contributed by atoms with Crippen molar-refractivity contribution in [2.24, 2.45) is 0 Å². The third kappa shape index (κ3) is 5.33. The van der Waals surface area contributed by atoms with E-state index in [0.717, 1.165) is 17.0 Å². The molecule has 0 aliphatic heterocycles. The molecule has 2 rings (SSSR count). The minimum atomic E-state index is -0.505. The van der Waals surface area contributed by atoms with E-state index < -0.39 is 11.7 Å². The highest BCUT2D eigenvalue weighted by molar-refractivity contribution is 7.11. The van der Waals surface area contributed by atoms with Crippen LogP contribution in [0.3, 0.4) is 0 Å². The van der Waals surface area contributed by atoms with Crippen molar-refractivity contribution in [1.29, 1.82) is 0 Å². The third-order valence-electron chi connectivity index (χ3n) is 3.07. The molecule has 1 aromatic carbocycles. The molecule has 2 aromatic rings. The molecule has 2 amide bonds. The molecule has 0 saturated heterocycles. The topological polar surface area (TPSA) is 58.2 Å². The Labute approximate surface area is 142 Å². The van der Waals surface area contributed by atoms with Gasteiger partial charge in [-0.3, -0.25) is 9.59 Å². The molecule has 23 heavy (non-hydrogen) atoms. The lowest BCUT2D eigenvalue weighted by Crippen LogP contribution is -2.30. The van der Waals surface area contributed by atoms with Crippen LogP contribution in [0.1, 0.15) is 26.5 Å². The number of carbonyl (C=O) groups excluding carboxylic acids is 2. The molecule has 0 aliphatic carbocycles. The van der Waals surface area contributed by atoms with Gasteiger partial charge >= 0.3 is 0 Å². The Morgan fingerprint density at radius 2 is 2.00 bits per heavy atom. The number of nitrogens with one attached hydrogen (secondary N) is 2. The highest BCUT2D eigenvalue weighted by atomic mass is 35.5. The van der Waals surface area contributed by atoms with Gasteiger partial charge in [-0.05, 0) is 37.3 Å². The monoisotopic (exact) mass is 354 g/mol. The average Bonchev–Trinajstić information content (AvgIpc) is 2.90. The first-order valence-electron chi connectivity index (χ1n) is 7.01. The number of rotatable bonds is 6. The van der Waals surface area contributed by atoms with E-state index in [9.17, 15) is 14.0 Å². The second kappa shape index (κ2) is 8.08. The minimum absolute atomic E-state index is 0.0417. The highest BCUT2D eigenvalue weighted by Gasteiger charge is 2.11. The Bertz CT molecular complexity index is 718. The maximum absolute atomic E-state index is 12.9. The molecule has 0 fully saturated rings. The average molecular weight is 355 g/mol. The number of hydrogen-bond donors (Lipinski definition) is 2. The molecule has 1 aromatic heterocycles. The quantitative estimate of drug-likeness (QED) is 0.836. The summed E-state index contributed by atoms with van der Waals surface area (Å²) in [6, 6.07) is 7.52. The summed E-state index contributed by atoms with van der Waals surface area (Å²) >= 11 is 7.44. The van der Waals surface area contributed by atoms with E-state index in [1.54, 1.807) is 11.3 Å². The van der Waals surface area contributed by atoms with Crippen LogP contribution in [0.5, 0.6) is 0 Å². The van der Waals surface area contributed by atoms with Gasteiger partial charge in [-0.1, -0.05) is 11.6 Å². The first-order chi connectivity index (χ1) is 11.0. The predicted octanol–water partition coefficient (Wildman–Crippen LogP) is 3.29. The van der Waals surface area contributed by atoms with Gasteiger partial charge in [-0.15, -0.1) is 11.3 Å². The molecule has 0 bridgehead atoms. The molecule has 1 heterocycles. The second-order valence-corrected chi connectivity index (χ2v) is 6.70. The van der Waals surface area contributed by atoms with Crippen molar-refractivity contribution in [3.05, 3.63) is 56.5 Å². The second-order valence-electron chi connectivity index (χ2n) is 4.92. The van der Waals surface area contributed by atoms with Gasteiger partial charge in [-0.25, -0.2) is 4.39 Å². The number of halogens is 2. The van der Waals surface area contributed by atoms with Crippen LogP contribution < -0.4 is 10.6 Å². The molecule has 2 N–H and O–H groups in total. The summed E-state index contributed by atoms with van der Waals surface area (Å²) < 4.78 is 12.9. The summed E-state index contributed by atoms with van der Waals surface area (Å²) in [6.07, 6.45) is 0.162. The van der Waals surface area contributed by atoms with Gasteiger partial charge in [-0.2, -0.15) is 0 Å². The van der Waals surface area contributed by atoms with Crippen LogP contribution >= 0.6 is 22.9 Å². The first-order valence-corrected chi connectivity index (χ1v) is 8.20. The number of aryl methyl sites for hydroxylation is 1. The Kier molecular flexibility index (Phi) is 6.12. The maximum Gasteiger partial charge on any atom is 0.252 e. The van der Waals surface area contributed by atoms with Crippen LogP contribution in [0.2, 0.25) is 5.02 Å². The smallest absolute Gasteiger partial charge is 0.252 e. The SMILES string of the molecule is Cc1ccc(CNC(=O)CCNC(=O)c2ccc(F)cc2Cl)s1.